The van der Waals surface area contributed by atoms with Crippen LogP contribution in [0.1, 0.15) is 11.1 Å². The number of carbonyl (C=O) groups excluding carboxylic acids is 1. The minimum Gasteiger partial charge on any atom is -0.434 e. The van der Waals surface area contributed by atoms with Gasteiger partial charge in [0.2, 0.25) is 0 Å². The predicted molar refractivity (Wildman–Crippen MR) is 51.2 cm³/mol. The van der Waals surface area contributed by atoms with Crippen molar-refractivity contribution in [3.63, 3.8) is 0 Å². The largest absolute Gasteiger partial charge is 0.434 e. The first-order valence-corrected chi connectivity index (χ1v) is 4.50. The van der Waals surface area contributed by atoms with E-state index < -0.39 is 0 Å². The molecule has 1 aromatic carbocycles. The molecule has 1 amide bonds. The van der Waals surface area contributed by atoms with Crippen molar-refractivity contribution in [3.05, 3.63) is 35.4 Å². The topological polar surface area (TPSA) is 55.6 Å². The van der Waals surface area contributed by atoms with E-state index in [1.54, 1.807) is 4.90 Å². The van der Waals surface area contributed by atoms with Crippen molar-refractivity contribution in [2.75, 3.05) is 6.73 Å². The van der Waals surface area contributed by atoms with Gasteiger partial charge in [-0.25, -0.2) is 4.79 Å². The number of hydrogen-bond acceptors (Lipinski definition) is 3. The number of carbonyl (C=O) groups is 1. The normalized spacial score (nSPS) is 13.9. The first kappa shape index (κ1) is 9.02. The van der Waals surface area contributed by atoms with Crippen LogP contribution in [0.2, 0.25) is 0 Å². The first-order valence-electron chi connectivity index (χ1n) is 4.50. The second kappa shape index (κ2) is 3.67. The lowest BCUT2D eigenvalue weighted by Crippen LogP contribution is -2.28. The molecule has 1 aromatic rings. The van der Waals surface area contributed by atoms with Gasteiger partial charge in [0, 0.05) is 13.1 Å². The third kappa shape index (κ3) is 1.56. The van der Waals surface area contributed by atoms with E-state index in [2.05, 4.69) is 0 Å². The number of nitrogens with zero attached hydrogens (tertiary/aromatic N) is 1. The highest BCUT2D eigenvalue weighted by molar-refractivity contribution is 5.68. The maximum atomic E-state index is 11.3. The smallest absolute Gasteiger partial charge is 0.411 e. The van der Waals surface area contributed by atoms with Crippen molar-refractivity contribution >= 4 is 6.09 Å². The average Bonchev–Trinajstić information content (AvgIpc) is 2.61. The summed E-state index contributed by atoms with van der Waals surface area (Å²) in [6, 6.07) is 7.98. The molecule has 0 saturated carbocycles. The number of hydrogen-bond donors (Lipinski definition) is 1. The molecule has 0 aromatic heterocycles. The summed E-state index contributed by atoms with van der Waals surface area (Å²) in [6.07, 6.45) is -0.344. The van der Waals surface area contributed by atoms with Gasteiger partial charge in [0.15, 0.2) is 0 Å². The van der Waals surface area contributed by atoms with Crippen LogP contribution in [0.4, 0.5) is 4.79 Å². The van der Waals surface area contributed by atoms with E-state index in [9.17, 15) is 4.79 Å². The van der Waals surface area contributed by atoms with Gasteiger partial charge < -0.3 is 4.74 Å². The van der Waals surface area contributed by atoms with Crippen molar-refractivity contribution in [2.24, 2.45) is 5.73 Å². The van der Waals surface area contributed by atoms with Gasteiger partial charge in [-0.05, 0) is 11.1 Å². The number of amides is 1. The SMILES string of the molecule is NCOC(=O)N1Cc2ccccc2C1. The van der Waals surface area contributed by atoms with Gasteiger partial charge in [0.1, 0.15) is 6.73 Å². The van der Waals surface area contributed by atoms with Crippen LogP contribution in [0.5, 0.6) is 0 Å². The zero-order valence-electron chi connectivity index (χ0n) is 7.77. The van der Waals surface area contributed by atoms with Gasteiger partial charge in [0.05, 0.1) is 0 Å². The molecule has 2 N–H and O–H groups in total. The Morgan fingerprint density at radius 1 is 1.36 bits per heavy atom. The molecule has 1 aliphatic rings. The van der Waals surface area contributed by atoms with E-state index in [0.29, 0.717) is 13.1 Å². The molecule has 0 spiro atoms. The van der Waals surface area contributed by atoms with Crippen LogP contribution in [0.3, 0.4) is 0 Å². The summed E-state index contributed by atoms with van der Waals surface area (Å²) in [5.74, 6) is 0. The second-order valence-corrected chi connectivity index (χ2v) is 3.20. The number of rotatable bonds is 1. The molecular formula is C10H12N2O2. The van der Waals surface area contributed by atoms with Crippen LogP contribution < -0.4 is 5.73 Å². The maximum Gasteiger partial charge on any atom is 0.411 e. The van der Waals surface area contributed by atoms with E-state index in [4.69, 9.17) is 10.5 Å². The Morgan fingerprint density at radius 2 is 1.93 bits per heavy atom. The minimum absolute atomic E-state index is 0.0638. The van der Waals surface area contributed by atoms with Crippen molar-refractivity contribution in [1.82, 2.24) is 4.90 Å². The Balaban J connectivity index is 2.08. The van der Waals surface area contributed by atoms with E-state index in [0.717, 1.165) is 0 Å². The molecule has 4 nitrogen and oxygen atoms in total. The molecule has 0 radical (unpaired) electrons. The highest BCUT2D eigenvalue weighted by Crippen LogP contribution is 2.22. The zero-order chi connectivity index (χ0) is 9.97. The lowest BCUT2D eigenvalue weighted by atomic mass is 10.1. The lowest BCUT2D eigenvalue weighted by molar-refractivity contribution is 0.104. The van der Waals surface area contributed by atoms with Gasteiger partial charge in [-0.15, -0.1) is 0 Å². The van der Waals surface area contributed by atoms with Crippen LogP contribution >= 0.6 is 0 Å². The molecule has 0 fully saturated rings. The van der Waals surface area contributed by atoms with Crippen molar-refractivity contribution in [1.29, 1.82) is 0 Å². The van der Waals surface area contributed by atoms with Crippen LogP contribution in [0.15, 0.2) is 24.3 Å². The van der Waals surface area contributed by atoms with E-state index in [1.165, 1.54) is 11.1 Å². The molecule has 0 atom stereocenters. The summed E-state index contributed by atoms with van der Waals surface area (Å²) in [5, 5.41) is 0. The van der Waals surface area contributed by atoms with Crippen LogP contribution in [0.25, 0.3) is 0 Å². The molecular weight excluding hydrogens is 180 g/mol. The summed E-state index contributed by atoms with van der Waals surface area (Å²) in [4.78, 5) is 13.0. The average molecular weight is 192 g/mol. The van der Waals surface area contributed by atoms with Gasteiger partial charge in [0.25, 0.3) is 0 Å². The van der Waals surface area contributed by atoms with E-state index >= 15 is 0 Å². The highest BCUT2D eigenvalue weighted by Gasteiger charge is 2.23. The summed E-state index contributed by atoms with van der Waals surface area (Å²) in [5.41, 5.74) is 7.50. The molecule has 0 unspecified atom stereocenters. The number of fused-ring (bicyclic) bond motifs is 1. The molecule has 2 rings (SSSR count). The summed E-state index contributed by atoms with van der Waals surface area (Å²) >= 11 is 0. The summed E-state index contributed by atoms with van der Waals surface area (Å²) in [6.45, 7) is 1.18. The Bertz CT molecular complexity index is 327. The quantitative estimate of drug-likeness (QED) is 0.677. The minimum atomic E-state index is -0.344. The van der Waals surface area contributed by atoms with Crippen LogP contribution in [-0.4, -0.2) is 17.7 Å². The molecule has 14 heavy (non-hydrogen) atoms. The summed E-state index contributed by atoms with van der Waals surface area (Å²) < 4.78 is 4.72. The van der Waals surface area contributed by atoms with Crippen molar-refractivity contribution in [3.8, 4) is 0 Å². The molecule has 0 saturated heterocycles. The van der Waals surface area contributed by atoms with Gasteiger partial charge >= 0.3 is 6.09 Å². The number of nitrogens with two attached hydrogens (primary N) is 1. The second-order valence-electron chi connectivity index (χ2n) is 3.20. The fourth-order valence-corrected chi connectivity index (χ4v) is 1.62. The molecule has 4 heteroatoms. The third-order valence-electron chi connectivity index (χ3n) is 2.31. The highest BCUT2D eigenvalue weighted by atomic mass is 16.6. The fraction of sp³-hybridized carbons (Fsp3) is 0.300. The maximum absolute atomic E-state index is 11.3. The predicted octanol–water partition coefficient (Wildman–Crippen LogP) is 1.06. The van der Waals surface area contributed by atoms with Crippen LogP contribution in [-0.2, 0) is 17.8 Å². The Kier molecular flexibility index (Phi) is 2.37. The Labute approximate surface area is 82.3 Å². The molecule has 0 aliphatic carbocycles. The number of ether oxygens (including phenoxy) is 1. The van der Waals surface area contributed by atoms with E-state index in [1.807, 2.05) is 24.3 Å². The van der Waals surface area contributed by atoms with E-state index in [-0.39, 0.29) is 12.8 Å². The zero-order valence-corrected chi connectivity index (χ0v) is 7.77. The third-order valence-corrected chi connectivity index (χ3v) is 2.31. The number of benzene rings is 1. The van der Waals surface area contributed by atoms with Crippen LogP contribution in [0, 0.1) is 0 Å². The first-order chi connectivity index (χ1) is 6.81. The Hall–Kier alpha value is -1.55. The summed E-state index contributed by atoms with van der Waals surface area (Å²) in [7, 11) is 0. The fourth-order valence-electron chi connectivity index (χ4n) is 1.62. The molecule has 1 aliphatic heterocycles. The van der Waals surface area contributed by atoms with Gasteiger partial charge in [-0.3, -0.25) is 10.6 Å². The lowest BCUT2D eigenvalue weighted by Gasteiger charge is -2.13. The standard InChI is InChI=1S/C10H12N2O2/c11-7-14-10(13)12-5-8-3-1-2-4-9(8)6-12/h1-4H,5-7,11H2. The van der Waals surface area contributed by atoms with Crippen molar-refractivity contribution in [2.45, 2.75) is 13.1 Å². The monoisotopic (exact) mass is 192 g/mol. The Morgan fingerprint density at radius 3 is 2.43 bits per heavy atom. The van der Waals surface area contributed by atoms with Gasteiger partial charge in [-0.1, -0.05) is 24.3 Å². The molecule has 74 valence electrons. The molecule has 1 heterocycles. The molecule has 0 bridgehead atoms. The van der Waals surface area contributed by atoms with Gasteiger partial charge in [-0.2, -0.15) is 0 Å². The van der Waals surface area contributed by atoms with Crippen molar-refractivity contribution < 1.29 is 9.53 Å².